The molecular weight excluding hydrogens is 287 g/mol. The Kier molecular flexibility index (Phi) is 3.34. The van der Waals surface area contributed by atoms with Gasteiger partial charge >= 0.3 is 0 Å². The zero-order valence-electron chi connectivity index (χ0n) is 11.0. The standard InChI is InChI=1S/C10H13FN6O2S/c1-5-4-7(11)8(12)6(2)9(5)20(18,19)15-10-13-16-17(3)14-10/h4H,12H2,1-3H3,(H,14,15). The fourth-order valence-corrected chi connectivity index (χ4v) is 3.26. The van der Waals surface area contributed by atoms with Crippen LogP contribution in [0.5, 0.6) is 0 Å². The molecule has 0 unspecified atom stereocenters. The van der Waals surface area contributed by atoms with Gasteiger partial charge in [0.05, 0.1) is 17.6 Å². The minimum atomic E-state index is -3.98. The Bertz CT molecular complexity index is 770. The summed E-state index contributed by atoms with van der Waals surface area (Å²) in [6.45, 7) is 2.91. The molecule has 0 amide bonds. The minimum Gasteiger partial charge on any atom is -0.396 e. The van der Waals surface area contributed by atoms with Gasteiger partial charge in [0.2, 0.25) is 0 Å². The first-order valence-electron chi connectivity index (χ1n) is 5.54. The summed E-state index contributed by atoms with van der Waals surface area (Å²) in [4.78, 5) is 1.01. The van der Waals surface area contributed by atoms with Gasteiger partial charge in [0.1, 0.15) is 5.82 Å². The Hall–Kier alpha value is -2.23. The number of benzene rings is 1. The number of nitrogens with two attached hydrogens (primary N) is 1. The van der Waals surface area contributed by atoms with E-state index in [0.717, 1.165) is 10.9 Å². The number of tetrazole rings is 1. The predicted molar refractivity (Wildman–Crippen MR) is 69.9 cm³/mol. The van der Waals surface area contributed by atoms with Gasteiger partial charge in [-0.05, 0) is 36.3 Å². The van der Waals surface area contributed by atoms with Gasteiger partial charge in [0, 0.05) is 0 Å². The maximum atomic E-state index is 13.5. The van der Waals surface area contributed by atoms with Crippen molar-refractivity contribution >= 4 is 21.7 Å². The molecule has 0 spiro atoms. The van der Waals surface area contributed by atoms with Crippen LogP contribution in [0.2, 0.25) is 0 Å². The van der Waals surface area contributed by atoms with Crippen LogP contribution >= 0.6 is 0 Å². The molecule has 0 aliphatic heterocycles. The Labute approximate surface area is 114 Å². The maximum Gasteiger partial charge on any atom is 0.277 e. The van der Waals surface area contributed by atoms with Crippen molar-refractivity contribution in [1.82, 2.24) is 20.2 Å². The number of nitrogen functional groups attached to an aromatic ring is 1. The van der Waals surface area contributed by atoms with Crippen LogP contribution < -0.4 is 10.5 Å². The van der Waals surface area contributed by atoms with E-state index in [1.54, 1.807) is 0 Å². The predicted octanol–water partition coefficient (Wildman–Crippen LogP) is 0.349. The lowest BCUT2D eigenvalue weighted by Gasteiger charge is -2.13. The Morgan fingerprint density at radius 1 is 1.40 bits per heavy atom. The minimum absolute atomic E-state index is 0.0937. The summed E-state index contributed by atoms with van der Waals surface area (Å²) in [6, 6.07) is 1.07. The van der Waals surface area contributed by atoms with Crippen LogP contribution in [0.4, 0.5) is 16.0 Å². The molecule has 0 fully saturated rings. The summed E-state index contributed by atoms with van der Waals surface area (Å²) in [5.74, 6) is -0.828. The third-order valence-electron chi connectivity index (χ3n) is 2.71. The Morgan fingerprint density at radius 3 is 2.60 bits per heavy atom. The van der Waals surface area contributed by atoms with Gasteiger partial charge in [-0.15, -0.1) is 5.10 Å². The van der Waals surface area contributed by atoms with E-state index in [2.05, 4.69) is 20.1 Å². The lowest BCUT2D eigenvalue weighted by molar-refractivity contribution is 0.597. The highest BCUT2D eigenvalue weighted by Crippen LogP contribution is 2.28. The molecule has 1 aromatic heterocycles. The van der Waals surface area contributed by atoms with Crippen molar-refractivity contribution in [3.05, 3.63) is 23.0 Å². The molecule has 2 aromatic rings. The van der Waals surface area contributed by atoms with Crippen molar-refractivity contribution in [2.75, 3.05) is 10.5 Å². The number of hydrogen-bond donors (Lipinski definition) is 2. The molecule has 108 valence electrons. The molecule has 20 heavy (non-hydrogen) atoms. The lowest BCUT2D eigenvalue weighted by Crippen LogP contribution is -2.18. The van der Waals surface area contributed by atoms with E-state index >= 15 is 0 Å². The van der Waals surface area contributed by atoms with E-state index < -0.39 is 15.8 Å². The molecule has 1 heterocycles. The molecule has 3 N–H and O–H groups in total. The van der Waals surface area contributed by atoms with E-state index in [1.165, 1.54) is 20.9 Å². The van der Waals surface area contributed by atoms with Crippen molar-refractivity contribution in [2.24, 2.45) is 7.05 Å². The largest absolute Gasteiger partial charge is 0.396 e. The number of rotatable bonds is 3. The number of anilines is 2. The van der Waals surface area contributed by atoms with E-state index in [9.17, 15) is 12.8 Å². The SMILES string of the molecule is Cc1cc(F)c(N)c(C)c1S(=O)(=O)Nc1nnn(C)n1. The zero-order chi connectivity index (χ0) is 15.1. The first-order valence-corrected chi connectivity index (χ1v) is 7.02. The Morgan fingerprint density at radius 2 is 2.05 bits per heavy atom. The van der Waals surface area contributed by atoms with E-state index in [-0.39, 0.29) is 27.7 Å². The third-order valence-corrected chi connectivity index (χ3v) is 4.32. The van der Waals surface area contributed by atoms with Gasteiger partial charge in [0.15, 0.2) is 0 Å². The first kappa shape index (κ1) is 14.2. The normalized spacial score (nSPS) is 11.6. The van der Waals surface area contributed by atoms with Crippen LogP contribution in [0.3, 0.4) is 0 Å². The summed E-state index contributed by atoms with van der Waals surface area (Å²) >= 11 is 0. The molecule has 0 saturated heterocycles. The maximum absolute atomic E-state index is 13.5. The molecule has 0 saturated carbocycles. The number of nitrogens with one attached hydrogen (secondary N) is 1. The summed E-state index contributed by atoms with van der Waals surface area (Å²) in [6.07, 6.45) is 0. The number of sulfonamides is 1. The number of aromatic nitrogens is 4. The third kappa shape index (κ3) is 2.41. The summed E-state index contributed by atoms with van der Waals surface area (Å²) in [5, 5.41) is 10.8. The second-order valence-corrected chi connectivity index (χ2v) is 5.87. The van der Waals surface area contributed by atoms with Crippen molar-refractivity contribution in [3.8, 4) is 0 Å². The number of hydrogen-bond acceptors (Lipinski definition) is 6. The number of halogens is 1. The fraction of sp³-hybridized carbons (Fsp3) is 0.300. The van der Waals surface area contributed by atoms with Gasteiger partial charge in [-0.2, -0.15) is 4.80 Å². The topological polar surface area (TPSA) is 116 Å². The second-order valence-electron chi connectivity index (χ2n) is 4.25. The van der Waals surface area contributed by atoms with Crippen LogP contribution in [0.15, 0.2) is 11.0 Å². The molecule has 2 rings (SSSR count). The van der Waals surface area contributed by atoms with Crippen LogP contribution in [-0.2, 0) is 17.1 Å². The first-order chi connectivity index (χ1) is 9.22. The van der Waals surface area contributed by atoms with E-state index in [1.807, 2.05) is 0 Å². The summed E-state index contributed by atoms with van der Waals surface area (Å²) < 4.78 is 40.3. The highest BCUT2D eigenvalue weighted by molar-refractivity contribution is 7.92. The number of nitrogens with zero attached hydrogens (tertiary/aromatic N) is 4. The molecule has 0 bridgehead atoms. The van der Waals surface area contributed by atoms with Crippen molar-refractivity contribution in [1.29, 1.82) is 0 Å². The molecule has 0 radical (unpaired) electrons. The van der Waals surface area contributed by atoms with E-state index in [0.29, 0.717) is 0 Å². The van der Waals surface area contributed by atoms with Gasteiger partial charge in [-0.25, -0.2) is 17.5 Å². The van der Waals surface area contributed by atoms with Gasteiger partial charge in [-0.1, -0.05) is 5.10 Å². The average Bonchev–Trinajstić information content (AvgIpc) is 2.70. The van der Waals surface area contributed by atoms with Crippen molar-refractivity contribution in [2.45, 2.75) is 18.7 Å². The van der Waals surface area contributed by atoms with Gasteiger partial charge < -0.3 is 5.73 Å². The summed E-state index contributed by atoms with van der Waals surface area (Å²) in [7, 11) is -2.48. The molecule has 10 heteroatoms. The highest BCUT2D eigenvalue weighted by Gasteiger charge is 2.24. The fourth-order valence-electron chi connectivity index (χ4n) is 1.84. The van der Waals surface area contributed by atoms with Crippen LogP contribution in [0.25, 0.3) is 0 Å². The molecular formula is C10H13FN6O2S. The summed E-state index contributed by atoms with van der Waals surface area (Å²) in [5.41, 5.74) is 5.70. The van der Waals surface area contributed by atoms with E-state index in [4.69, 9.17) is 5.73 Å². The smallest absolute Gasteiger partial charge is 0.277 e. The molecule has 0 aliphatic carbocycles. The van der Waals surface area contributed by atoms with Gasteiger partial charge in [-0.3, -0.25) is 0 Å². The lowest BCUT2D eigenvalue weighted by atomic mass is 10.1. The quantitative estimate of drug-likeness (QED) is 0.790. The van der Waals surface area contributed by atoms with Crippen molar-refractivity contribution in [3.63, 3.8) is 0 Å². The molecule has 8 nitrogen and oxygen atoms in total. The molecule has 0 atom stereocenters. The second kappa shape index (κ2) is 4.71. The van der Waals surface area contributed by atoms with Crippen LogP contribution in [0.1, 0.15) is 11.1 Å². The highest BCUT2D eigenvalue weighted by atomic mass is 32.2. The number of aryl methyl sites for hydroxylation is 2. The van der Waals surface area contributed by atoms with Crippen molar-refractivity contribution < 1.29 is 12.8 Å². The molecule has 1 aromatic carbocycles. The van der Waals surface area contributed by atoms with Crippen LogP contribution in [-0.4, -0.2) is 28.6 Å². The molecule has 0 aliphatic rings. The average molecular weight is 300 g/mol. The van der Waals surface area contributed by atoms with Crippen LogP contribution in [0, 0.1) is 19.7 Å². The Balaban J connectivity index is 2.52. The monoisotopic (exact) mass is 300 g/mol. The van der Waals surface area contributed by atoms with Gasteiger partial charge in [0.25, 0.3) is 16.0 Å². The zero-order valence-corrected chi connectivity index (χ0v) is 11.9.